The monoisotopic (exact) mass is 388 g/mol. The van der Waals surface area contributed by atoms with Crippen LogP contribution in [-0.4, -0.2) is 16.0 Å². The van der Waals surface area contributed by atoms with Crippen LogP contribution in [-0.2, 0) is 17.6 Å². The summed E-state index contributed by atoms with van der Waals surface area (Å²) in [5.41, 5.74) is 2.72. The number of nitrogens with zero attached hydrogens (tertiary/aromatic N) is 1. The summed E-state index contributed by atoms with van der Waals surface area (Å²) in [6, 6.07) is 21.2. The minimum atomic E-state index is -0.117. The molecule has 1 heterocycles. The summed E-state index contributed by atoms with van der Waals surface area (Å²) in [6.07, 6.45) is 1.02. The van der Waals surface area contributed by atoms with E-state index >= 15 is 0 Å². The van der Waals surface area contributed by atoms with Crippen molar-refractivity contribution in [1.82, 2.24) is 4.98 Å². The quantitative estimate of drug-likeness (QED) is 0.501. The van der Waals surface area contributed by atoms with Gasteiger partial charge in [0, 0.05) is 23.1 Å². The predicted octanol–water partition coefficient (Wildman–Crippen LogP) is 5.08. The molecular weight excluding hydrogens is 368 g/mol. The Labute approximate surface area is 167 Å². The first kappa shape index (κ1) is 18.2. The standard InChI is InChI=1S/C23H20N2O2S/c1-15-21(14-22(27)25-18-9-5-10-19(26)13-18)28-23(24-15)12-17-8-4-7-16-6-2-3-11-20(16)17/h2-11,13,26H,12,14H2,1H3,(H,25,27). The van der Waals surface area contributed by atoms with Crippen molar-refractivity contribution in [2.75, 3.05) is 5.32 Å². The van der Waals surface area contributed by atoms with Crippen molar-refractivity contribution >= 4 is 33.7 Å². The van der Waals surface area contributed by atoms with Crippen LogP contribution in [0.1, 0.15) is 21.1 Å². The van der Waals surface area contributed by atoms with E-state index < -0.39 is 0 Å². The van der Waals surface area contributed by atoms with Crippen LogP contribution >= 0.6 is 11.3 Å². The number of aromatic nitrogens is 1. The number of phenolic OH excluding ortho intramolecular Hbond substituents is 1. The van der Waals surface area contributed by atoms with E-state index in [0.717, 1.165) is 22.0 Å². The van der Waals surface area contributed by atoms with Crippen molar-refractivity contribution in [1.29, 1.82) is 0 Å². The van der Waals surface area contributed by atoms with Gasteiger partial charge < -0.3 is 10.4 Å². The molecule has 140 valence electrons. The third kappa shape index (κ3) is 4.05. The number of aromatic hydroxyl groups is 1. The number of rotatable bonds is 5. The summed E-state index contributed by atoms with van der Waals surface area (Å²) < 4.78 is 0. The van der Waals surface area contributed by atoms with Gasteiger partial charge in [0.15, 0.2) is 0 Å². The van der Waals surface area contributed by atoms with E-state index in [0.29, 0.717) is 5.69 Å². The lowest BCUT2D eigenvalue weighted by molar-refractivity contribution is -0.115. The smallest absolute Gasteiger partial charge is 0.229 e. The molecule has 0 aliphatic carbocycles. The highest BCUT2D eigenvalue weighted by molar-refractivity contribution is 7.11. The summed E-state index contributed by atoms with van der Waals surface area (Å²) in [5, 5.41) is 15.8. The molecule has 3 aromatic carbocycles. The van der Waals surface area contributed by atoms with E-state index in [4.69, 9.17) is 0 Å². The first-order valence-corrected chi connectivity index (χ1v) is 9.91. The van der Waals surface area contributed by atoms with Crippen molar-refractivity contribution in [2.45, 2.75) is 19.8 Å². The molecule has 0 aliphatic heterocycles. The minimum Gasteiger partial charge on any atom is -0.508 e. The average Bonchev–Trinajstić information content (AvgIpc) is 3.01. The number of phenols is 1. The molecule has 0 aliphatic rings. The van der Waals surface area contributed by atoms with Gasteiger partial charge in [-0.2, -0.15) is 0 Å². The summed E-state index contributed by atoms with van der Waals surface area (Å²) >= 11 is 1.58. The Bertz CT molecular complexity index is 1150. The van der Waals surface area contributed by atoms with Gasteiger partial charge in [0.25, 0.3) is 0 Å². The molecule has 0 fully saturated rings. The predicted molar refractivity (Wildman–Crippen MR) is 114 cm³/mol. The van der Waals surface area contributed by atoms with E-state index in [1.165, 1.54) is 22.4 Å². The van der Waals surface area contributed by atoms with Crippen LogP contribution in [0.15, 0.2) is 66.7 Å². The Morgan fingerprint density at radius 3 is 2.71 bits per heavy atom. The molecule has 4 nitrogen and oxygen atoms in total. The second-order valence-electron chi connectivity index (χ2n) is 6.71. The van der Waals surface area contributed by atoms with E-state index in [-0.39, 0.29) is 18.1 Å². The van der Waals surface area contributed by atoms with Crippen LogP contribution in [0.2, 0.25) is 0 Å². The highest BCUT2D eigenvalue weighted by atomic mass is 32.1. The molecule has 1 amide bonds. The number of thiazole rings is 1. The second kappa shape index (κ2) is 7.82. The van der Waals surface area contributed by atoms with Crippen LogP contribution < -0.4 is 5.32 Å². The van der Waals surface area contributed by atoms with Gasteiger partial charge in [-0.05, 0) is 35.4 Å². The number of carbonyl (C=O) groups is 1. The maximum atomic E-state index is 12.4. The molecular formula is C23H20N2O2S. The van der Waals surface area contributed by atoms with E-state index in [9.17, 15) is 9.90 Å². The number of benzene rings is 3. The molecule has 4 rings (SSSR count). The zero-order chi connectivity index (χ0) is 19.5. The van der Waals surface area contributed by atoms with Gasteiger partial charge in [-0.15, -0.1) is 11.3 Å². The highest BCUT2D eigenvalue weighted by Gasteiger charge is 2.13. The number of aryl methyl sites for hydroxylation is 1. The van der Waals surface area contributed by atoms with Crippen LogP contribution in [0.25, 0.3) is 10.8 Å². The molecule has 2 N–H and O–H groups in total. The topological polar surface area (TPSA) is 62.2 Å². The fourth-order valence-corrected chi connectivity index (χ4v) is 4.36. The average molecular weight is 388 g/mol. The Morgan fingerprint density at radius 2 is 1.86 bits per heavy atom. The number of hydrogen-bond donors (Lipinski definition) is 2. The number of anilines is 1. The fraction of sp³-hybridized carbons (Fsp3) is 0.130. The van der Waals surface area contributed by atoms with Crippen molar-refractivity contribution in [3.8, 4) is 5.75 Å². The molecule has 0 bridgehead atoms. The SMILES string of the molecule is Cc1nc(Cc2cccc3ccccc23)sc1CC(=O)Nc1cccc(O)c1. The van der Waals surface area contributed by atoms with Crippen LogP contribution in [0.5, 0.6) is 5.75 Å². The van der Waals surface area contributed by atoms with Gasteiger partial charge >= 0.3 is 0 Å². The van der Waals surface area contributed by atoms with Crippen LogP contribution in [0.4, 0.5) is 5.69 Å². The summed E-state index contributed by atoms with van der Waals surface area (Å²) in [6.45, 7) is 1.94. The third-order valence-electron chi connectivity index (χ3n) is 4.61. The van der Waals surface area contributed by atoms with Gasteiger partial charge in [-0.1, -0.05) is 48.5 Å². The summed E-state index contributed by atoms with van der Waals surface area (Å²) in [5.74, 6) is 0.0122. The van der Waals surface area contributed by atoms with Crippen LogP contribution in [0.3, 0.4) is 0 Å². The van der Waals surface area contributed by atoms with E-state index in [1.54, 1.807) is 29.5 Å². The molecule has 28 heavy (non-hydrogen) atoms. The van der Waals surface area contributed by atoms with Gasteiger partial charge in [0.1, 0.15) is 5.75 Å². The van der Waals surface area contributed by atoms with Crippen LogP contribution in [0, 0.1) is 6.92 Å². The van der Waals surface area contributed by atoms with Crippen molar-refractivity contribution in [3.63, 3.8) is 0 Å². The lowest BCUT2D eigenvalue weighted by Crippen LogP contribution is -2.14. The minimum absolute atomic E-state index is 0.117. The molecule has 0 radical (unpaired) electrons. The lowest BCUT2D eigenvalue weighted by Gasteiger charge is -2.05. The highest BCUT2D eigenvalue weighted by Crippen LogP contribution is 2.26. The molecule has 0 unspecified atom stereocenters. The summed E-state index contributed by atoms with van der Waals surface area (Å²) in [7, 11) is 0. The van der Waals surface area contributed by atoms with Gasteiger partial charge in [0.05, 0.1) is 17.1 Å². The second-order valence-corrected chi connectivity index (χ2v) is 7.87. The number of hydrogen-bond acceptors (Lipinski definition) is 4. The molecule has 0 saturated heterocycles. The zero-order valence-corrected chi connectivity index (χ0v) is 16.3. The van der Waals surface area contributed by atoms with E-state index in [2.05, 4.69) is 46.7 Å². The molecule has 0 atom stereocenters. The van der Waals surface area contributed by atoms with Gasteiger partial charge in [0.2, 0.25) is 5.91 Å². The molecule has 0 spiro atoms. The maximum Gasteiger partial charge on any atom is 0.229 e. The van der Waals surface area contributed by atoms with Gasteiger partial charge in [-0.3, -0.25) is 4.79 Å². The Balaban J connectivity index is 1.49. The first-order valence-electron chi connectivity index (χ1n) is 9.09. The molecule has 4 aromatic rings. The Hall–Kier alpha value is -3.18. The van der Waals surface area contributed by atoms with Crippen molar-refractivity contribution < 1.29 is 9.90 Å². The molecule has 5 heteroatoms. The Kier molecular flexibility index (Phi) is 5.08. The number of amides is 1. The van der Waals surface area contributed by atoms with Crippen molar-refractivity contribution in [2.24, 2.45) is 0 Å². The molecule has 1 aromatic heterocycles. The van der Waals surface area contributed by atoms with Crippen molar-refractivity contribution in [3.05, 3.63) is 87.9 Å². The molecule has 0 saturated carbocycles. The zero-order valence-electron chi connectivity index (χ0n) is 15.5. The van der Waals surface area contributed by atoms with Gasteiger partial charge in [-0.25, -0.2) is 4.98 Å². The normalized spacial score (nSPS) is 10.9. The largest absolute Gasteiger partial charge is 0.508 e. The number of fused-ring (bicyclic) bond motifs is 1. The number of carbonyl (C=O) groups excluding carboxylic acids is 1. The Morgan fingerprint density at radius 1 is 1.07 bits per heavy atom. The maximum absolute atomic E-state index is 12.4. The third-order valence-corrected chi connectivity index (χ3v) is 5.77. The lowest BCUT2D eigenvalue weighted by atomic mass is 10.0. The van der Waals surface area contributed by atoms with E-state index in [1.807, 2.05) is 13.0 Å². The summed E-state index contributed by atoms with van der Waals surface area (Å²) in [4.78, 5) is 18.0. The first-order chi connectivity index (χ1) is 13.6. The number of nitrogens with one attached hydrogen (secondary N) is 1. The fourth-order valence-electron chi connectivity index (χ4n) is 3.27.